The monoisotopic (exact) mass is 308 g/mol. The molecule has 1 fully saturated rings. The summed E-state index contributed by atoms with van der Waals surface area (Å²) < 4.78 is 0. The van der Waals surface area contributed by atoms with Gasteiger partial charge in [-0.05, 0) is 19.3 Å². The SMILES string of the molecule is Cl.Cl.NC1CCCC(C(=O)NCCc2ncc[nH]2)C1. The first-order chi connectivity index (χ1) is 8.25. The molecule has 0 radical (unpaired) electrons. The predicted octanol–water partition coefficient (Wildman–Crippen LogP) is 1.43. The molecule has 0 spiro atoms. The number of aromatic amines is 1. The average Bonchev–Trinajstić information content (AvgIpc) is 2.82. The molecule has 19 heavy (non-hydrogen) atoms. The molecule has 1 amide bonds. The van der Waals surface area contributed by atoms with Gasteiger partial charge in [-0.15, -0.1) is 24.8 Å². The van der Waals surface area contributed by atoms with Crippen molar-refractivity contribution in [3.63, 3.8) is 0 Å². The maximum atomic E-state index is 11.9. The van der Waals surface area contributed by atoms with Gasteiger partial charge in [0.2, 0.25) is 5.91 Å². The molecule has 4 N–H and O–H groups in total. The Kier molecular flexibility index (Phi) is 8.80. The number of hydrogen-bond donors (Lipinski definition) is 3. The van der Waals surface area contributed by atoms with E-state index in [0.717, 1.165) is 37.9 Å². The molecule has 1 aromatic heterocycles. The van der Waals surface area contributed by atoms with Gasteiger partial charge in [0, 0.05) is 37.3 Å². The zero-order valence-electron chi connectivity index (χ0n) is 10.8. The maximum Gasteiger partial charge on any atom is 0.223 e. The predicted molar refractivity (Wildman–Crippen MR) is 79.7 cm³/mol. The first kappa shape index (κ1) is 18.2. The van der Waals surface area contributed by atoms with Gasteiger partial charge in [0.1, 0.15) is 5.82 Å². The summed E-state index contributed by atoms with van der Waals surface area (Å²) in [5.74, 6) is 1.16. The van der Waals surface area contributed by atoms with Crippen molar-refractivity contribution in [3.05, 3.63) is 18.2 Å². The average molecular weight is 309 g/mol. The van der Waals surface area contributed by atoms with Crippen molar-refractivity contribution in [1.29, 1.82) is 0 Å². The molecule has 0 aliphatic heterocycles. The summed E-state index contributed by atoms with van der Waals surface area (Å²) in [6.07, 6.45) is 8.17. The van der Waals surface area contributed by atoms with Crippen LogP contribution in [0, 0.1) is 5.92 Å². The molecule has 7 heteroatoms. The lowest BCUT2D eigenvalue weighted by atomic mass is 9.85. The van der Waals surface area contributed by atoms with E-state index in [0.29, 0.717) is 6.54 Å². The molecule has 1 aromatic rings. The van der Waals surface area contributed by atoms with Crippen LogP contribution in [0.25, 0.3) is 0 Å². The van der Waals surface area contributed by atoms with Crippen molar-refractivity contribution in [2.75, 3.05) is 6.54 Å². The summed E-state index contributed by atoms with van der Waals surface area (Å²) in [5.41, 5.74) is 5.87. The molecular weight excluding hydrogens is 287 g/mol. The van der Waals surface area contributed by atoms with Gasteiger partial charge in [0.25, 0.3) is 0 Å². The van der Waals surface area contributed by atoms with Crippen LogP contribution in [0.2, 0.25) is 0 Å². The minimum atomic E-state index is 0. The molecule has 1 aliphatic carbocycles. The van der Waals surface area contributed by atoms with Crippen LogP contribution in [0.15, 0.2) is 12.4 Å². The molecule has 0 bridgehead atoms. The zero-order chi connectivity index (χ0) is 12.1. The van der Waals surface area contributed by atoms with Crippen LogP contribution < -0.4 is 11.1 Å². The van der Waals surface area contributed by atoms with Crippen molar-refractivity contribution in [1.82, 2.24) is 15.3 Å². The van der Waals surface area contributed by atoms with E-state index in [1.807, 2.05) is 0 Å². The first-order valence-electron chi connectivity index (χ1n) is 6.27. The van der Waals surface area contributed by atoms with Gasteiger partial charge in [0.15, 0.2) is 0 Å². The lowest BCUT2D eigenvalue weighted by molar-refractivity contribution is -0.126. The molecule has 2 atom stereocenters. The molecule has 2 unspecified atom stereocenters. The smallest absolute Gasteiger partial charge is 0.223 e. The van der Waals surface area contributed by atoms with Gasteiger partial charge in [-0.3, -0.25) is 4.79 Å². The number of rotatable bonds is 4. The fourth-order valence-electron chi connectivity index (χ4n) is 2.35. The van der Waals surface area contributed by atoms with Gasteiger partial charge in [-0.1, -0.05) is 6.42 Å². The molecule has 5 nitrogen and oxygen atoms in total. The Morgan fingerprint density at radius 2 is 2.26 bits per heavy atom. The molecule has 1 heterocycles. The Labute approximate surface area is 125 Å². The van der Waals surface area contributed by atoms with Crippen molar-refractivity contribution in [2.45, 2.75) is 38.1 Å². The minimum absolute atomic E-state index is 0. The van der Waals surface area contributed by atoms with E-state index in [1.165, 1.54) is 0 Å². The second-order valence-electron chi connectivity index (χ2n) is 4.70. The van der Waals surface area contributed by atoms with Crippen LogP contribution in [-0.2, 0) is 11.2 Å². The van der Waals surface area contributed by atoms with E-state index in [4.69, 9.17) is 5.73 Å². The summed E-state index contributed by atoms with van der Waals surface area (Å²) >= 11 is 0. The second kappa shape index (κ2) is 9.18. The van der Waals surface area contributed by atoms with Crippen LogP contribution in [0.5, 0.6) is 0 Å². The summed E-state index contributed by atoms with van der Waals surface area (Å²) in [6, 6.07) is 0.199. The van der Waals surface area contributed by atoms with Gasteiger partial charge in [-0.2, -0.15) is 0 Å². The highest BCUT2D eigenvalue weighted by Crippen LogP contribution is 2.22. The van der Waals surface area contributed by atoms with E-state index >= 15 is 0 Å². The van der Waals surface area contributed by atoms with E-state index in [9.17, 15) is 4.79 Å². The van der Waals surface area contributed by atoms with Crippen LogP contribution in [-0.4, -0.2) is 28.5 Å². The number of nitrogens with two attached hydrogens (primary N) is 1. The summed E-state index contributed by atoms with van der Waals surface area (Å²) in [4.78, 5) is 19.0. The summed E-state index contributed by atoms with van der Waals surface area (Å²) in [5, 5.41) is 2.96. The number of amides is 1. The first-order valence-corrected chi connectivity index (χ1v) is 6.27. The lowest BCUT2D eigenvalue weighted by Crippen LogP contribution is -2.38. The molecule has 2 rings (SSSR count). The second-order valence-corrected chi connectivity index (χ2v) is 4.70. The van der Waals surface area contributed by atoms with Crippen LogP contribution in [0.4, 0.5) is 0 Å². The molecule has 1 aliphatic rings. The van der Waals surface area contributed by atoms with Crippen molar-refractivity contribution in [2.24, 2.45) is 11.7 Å². The fraction of sp³-hybridized carbons (Fsp3) is 0.667. The number of carbonyl (C=O) groups excluding carboxylic acids is 1. The highest BCUT2D eigenvalue weighted by atomic mass is 35.5. The number of imidazole rings is 1. The van der Waals surface area contributed by atoms with Gasteiger partial charge < -0.3 is 16.0 Å². The van der Waals surface area contributed by atoms with Crippen LogP contribution in [0.3, 0.4) is 0 Å². The van der Waals surface area contributed by atoms with E-state index < -0.39 is 0 Å². The molecule has 0 aromatic carbocycles. The number of carbonyl (C=O) groups is 1. The Morgan fingerprint density at radius 3 is 2.89 bits per heavy atom. The number of nitrogens with zero attached hydrogens (tertiary/aromatic N) is 1. The van der Waals surface area contributed by atoms with Crippen LogP contribution in [0.1, 0.15) is 31.5 Å². The standard InChI is InChI=1S/C12H20N4O.2ClH/c13-10-3-1-2-9(8-10)12(17)16-5-4-11-14-6-7-15-11;;/h6-7,9-10H,1-5,8,13H2,(H,14,15)(H,16,17);2*1H. The molecule has 1 saturated carbocycles. The number of hydrogen-bond acceptors (Lipinski definition) is 3. The highest BCUT2D eigenvalue weighted by Gasteiger charge is 2.24. The van der Waals surface area contributed by atoms with Gasteiger partial charge in [0.05, 0.1) is 0 Å². The van der Waals surface area contributed by atoms with E-state index in [1.54, 1.807) is 12.4 Å². The van der Waals surface area contributed by atoms with Crippen molar-refractivity contribution >= 4 is 30.7 Å². The Morgan fingerprint density at radius 1 is 1.47 bits per heavy atom. The zero-order valence-corrected chi connectivity index (χ0v) is 12.4. The maximum absolute atomic E-state index is 11.9. The van der Waals surface area contributed by atoms with Gasteiger partial charge >= 0.3 is 0 Å². The topological polar surface area (TPSA) is 83.8 Å². The Hall–Kier alpha value is -0.780. The third kappa shape index (κ3) is 5.80. The third-order valence-electron chi connectivity index (χ3n) is 3.30. The van der Waals surface area contributed by atoms with Crippen molar-refractivity contribution in [3.8, 4) is 0 Å². The summed E-state index contributed by atoms with van der Waals surface area (Å²) in [7, 11) is 0. The number of H-pyrrole nitrogens is 1. The molecular formula is C12H22Cl2N4O. The van der Waals surface area contributed by atoms with E-state index in [2.05, 4.69) is 15.3 Å². The fourth-order valence-corrected chi connectivity index (χ4v) is 2.35. The quantitative estimate of drug-likeness (QED) is 0.786. The number of halogens is 2. The van der Waals surface area contributed by atoms with Crippen molar-refractivity contribution < 1.29 is 4.79 Å². The molecule has 0 saturated heterocycles. The third-order valence-corrected chi connectivity index (χ3v) is 3.30. The number of aromatic nitrogens is 2. The normalized spacial score (nSPS) is 21.9. The number of nitrogens with one attached hydrogen (secondary N) is 2. The Bertz CT molecular complexity index is 359. The van der Waals surface area contributed by atoms with E-state index in [-0.39, 0.29) is 42.7 Å². The highest BCUT2D eigenvalue weighted by molar-refractivity contribution is 5.85. The minimum Gasteiger partial charge on any atom is -0.355 e. The van der Waals surface area contributed by atoms with Crippen LogP contribution >= 0.6 is 24.8 Å². The Balaban J connectivity index is 0.00000162. The largest absolute Gasteiger partial charge is 0.355 e. The summed E-state index contributed by atoms with van der Waals surface area (Å²) in [6.45, 7) is 0.637. The molecule has 110 valence electrons. The lowest BCUT2D eigenvalue weighted by Gasteiger charge is -2.25. The van der Waals surface area contributed by atoms with Gasteiger partial charge in [-0.25, -0.2) is 4.98 Å².